The number of hydrogen-bond acceptors (Lipinski definition) is 2. The second-order valence-electron chi connectivity index (χ2n) is 6.79. The van der Waals surface area contributed by atoms with Crippen molar-refractivity contribution in [1.82, 2.24) is 5.32 Å². The molecule has 0 radical (unpaired) electrons. The number of benzene rings is 1. The van der Waals surface area contributed by atoms with Crippen LogP contribution in [0.2, 0.25) is 0 Å². The smallest absolute Gasteiger partial charge is 0.349 e. The number of hydrogen-bond donors (Lipinski definition) is 2. The van der Waals surface area contributed by atoms with Crippen LogP contribution in [0.25, 0.3) is 0 Å². The monoisotopic (exact) mass is 370 g/mol. The molecule has 0 saturated heterocycles. The van der Waals surface area contributed by atoms with E-state index in [-0.39, 0.29) is 18.7 Å². The van der Waals surface area contributed by atoms with Gasteiger partial charge in [0.2, 0.25) is 11.8 Å². The van der Waals surface area contributed by atoms with Crippen molar-refractivity contribution in [3.8, 4) is 0 Å². The highest BCUT2D eigenvalue weighted by Gasteiger charge is 2.48. The van der Waals surface area contributed by atoms with E-state index in [0.717, 1.165) is 5.56 Å². The van der Waals surface area contributed by atoms with Crippen LogP contribution in [0, 0.1) is 11.8 Å². The summed E-state index contributed by atoms with van der Waals surface area (Å²) in [5, 5.41) is 5.43. The fraction of sp³-hybridized carbons (Fsp3) is 0.579. The third-order valence-electron chi connectivity index (χ3n) is 4.90. The highest BCUT2D eigenvalue weighted by Crippen LogP contribution is 2.41. The van der Waals surface area contributed by atoms with Crippen LogP contribution in [0.15, 0.2) is 24.3 Å². The van der Waals surface area contributed by atoms with Crippen molar-refractivity contribution in [3.63, 3.8) is 0 Å². The number of carbonyl (C=O) groups excluding carboxylic acids is 2. The normalized spacial score (nSPS) is 21.7. The molecule has 0 bridgehead atoms. The highest BCUT2D eigenvalue weighted by atomic mass is 19.4. The quantitative estimate of drug-likeness (QED) is 0.797. The lowest BCUT2D eigenvalue weighted by Crippen LogP contribution is -2.43. The third-order valence-corrected chi connectivity index (χ3v) is 4.90. The molecule has 1 saturated carbocycles. The first-order valence-corrected chi connectivity index (χ1v) is 8.99. The molecule has 1 fully saturated rings. The highest BCUT2D eigenvalue weighted by molar-refractivity contribution is 5.90. The summed E-state index contributed by atoms with van der Waals surface area (Å²) in [5.74, 6) is -3.22. The summed E-state index contributed by atoms with van der Waals surface area (Å²) in [5.41, 5.74) is 1.41. The topological polar surface area (TPSA) is 58.2 Å². The number of anilines is 1. The second-order valence-corrected chi connectivity index (χ2v) is 6.79. The van der Waals surface area contributed by atoms with E-state index < -0.39 is 30.0 Å². The molecular weight excluding hydrogens is 345 g/mol. The number of rotatable bonds is 5. The van der Waals surface area contributed by atoms with E-state index >= 15 is 0 Å². The van der Waals surface area contributed by atoms with Gasteiger partial charge in [0.05, 0.1) is 12.0 Å². The summed E-state index contributed by atoms with van der Waals surface area (Å²) >= 11 is 0. The van der Waals surface area contributed by atoms with Crippen molar-refractivity contribution in [3.05, 3.63) is 29.8 Å². The zero-order valence-electron chi connectivity index (χ0n) is 15.0. The molecule has 1 aliphatic rings. The van der Waals surface area contributed by atoms with Crippen molar-refractivity contribution in [2.75, 3.05) is 5.32 Å². The minimum absolute atomic E-state index is 0.0157. The predicted molar refractivity (Wildman–Crippen MR) is 93.4 cm³/mol. The summed E-state index contributed by atoms with van der Waals surface area (Å²) in [6.45, 7) is 3.49. The number of nitrogens with one attached hydrogen (secondary N) is 2. The van der Waals surface area contributed by atoms with Crippen molar-refractivity contribution >= 4 is 17.5 Å². The maximum Gasteiger partial charge on any atom is 0.392 e. The van der Waals surface area contributed by atoms with Crippen LogP contribution in [0.5, 0.6) is 0 Å². The molecule has 0 spiro atoms. The Bertz CT molecular complexity index is 629. The summed E-state index contributed by atoms with van der Waals surface area (Å²) in [6.07, 6.45) is -2.54. The predicted octanol–water partition coefficient (Wildman–Crippen LogP) is 4.58. The van der Waals surface area contributed by atoms with Gasteiger partial charge in [-0.3, -0.25) is 9.59 Å². The number of amides is 2. The van der Waals surface area contributed by atoms with Crippen LogP contribution in [0.1, 0.15) is 57.6 Å². The van der Waals surface area contributed by atoms with Crippen LogP contribution in [0.4, 0.5) is 18.9 Å². The molecule has 3 atom stereocenters. The molecule has 0 aromatic heterocycles. The van der Waals surface area contributed by atoms with Gasteiger partial charge in [0.25, 0.3) is 0 Å². The number of alkyl halides is 3. The van der Waals surface area contributed by atoms with Crippen molar-refractivity contribution < 1.29 is 22.8 Å². The van der Waals surface area contributed by atoms with Crippen molar-refractivity contribution in [2.24, 2.45) is 11.8 Å². The van der Waals surface area contributed by atoms with E-state index in [1.807, 2.05) is 0 Å². The lowest BCUT2D eigenvalue weighted by Gasteiger charge is -2.32. The largest absolute Gasteiger partial charge is 0.392 e. The van der Waals surface area contributed by atoms with Gasteiger partial charge in [-0.05, 0) is 37.5 Å². The molecule has 0 aliphatic heterocycles. The standard InChI is InChI=1S/C19H25F3N2O2/c1-3-17(25)24-14-10-8-13(9-11-14)12(2)23-18(26)15-6-4-5-7-16(15)19(20,21)22/h8-12,15-16H,3-7H2,1-2H3,(H,23,26)(H,24,25). The van der Waals surface area contributed by atoms with Crippen molar-refractivity contribution in [2.45, 2.75) is 58.2 Å². The van der Waals surface area contributed by atoms with E-state index in [9.17, 15) is 22.8 Å². The molecule has 1 aromatic rings. The summed E-state index contributed by atoms with van der Waals surface area (Å²) < 4.78 is 39.5. The summed E-state index contributed by atoms with van der Waals surface area (Å²) in [7, 11) is 0. The Balaban J connectivity index is 2.00. The Morgan fingerprint density at radius 1 is 1.15 bits per heavy atom. The molecule has 2 amide bonds. The maximum absolute atomic E-state index is 13.2. The van der Waals surface area contributed by atoms with Crippen molar-refractivity contribution in [1.29, 1.82) is 0 Å². The SMILES string of the molecule is CCC(=O)Nc1ccc(C(C)NC(=O)C2CCCCC2C(F)(F)F)cc1. The Morgan fingerprint density at radius 3 is 2.35 bits per heavy atom. The van der Waals surface area contributed by atoms with Gasteiger partial charge in [-0.15, -0.1) is 0 Å². The van der Waals surface area contributed by atoms with Crippen LogP contribution >= 0.6 is 0 Å². The number of carbonyl (C=O) groups is 2. The van der Waals surface area contributed by atoms with E-state index in [1.54, 1.807) is 38.1 Å². The van der Waals surface area contributed by atoms with E-state index in [0.29, 0.717) is 24.9 Å². The Morgan fingerprint density at radius 2 is 1.77 bits per heavy atom. The van der Waals surface area contributed by atoms with Gasteiger partial charge in [-0.1, -0.05) is 31.9 Å². The van der Waals surface area contributed by atoms with Gasteiger partial charge in [0.1, 0.15) is 0 Å². The Labute approximate surface area is 151 Å². The zero-order chi connectivity index (χ0) is 19.3. The average Bonchev–Trinajstić information content (AvgIpc) is 2.61. The first-order chi connectivity index (χ1) is 12.2. The van der Waals surface area contributed by atoms with Crippen LogP contribution < -0.4 is 10.6 Å². The minimum atomic E-state index is -4.34. The summed E-state index contributed by atoms with van der Waals surface area (Å²) in [4.78, 5) is 23.8. The fourth-order valence-corrected chi connectivity index (χ4v) is 3.34. The first-order valence-electron chi connectivity index (χ1n) is 8.99. The van der Waals surface area contributed by atoms with E-state index in [1.165, 1.54) is 0 Å². The van der Waals surface area contributed by atoms with Gasteiger partial charge < -0.3 is 10.6 Å². The molecule has 7 heteroatoms. The Hall–Kier alpha value is -2.05. The van der Waals surface area contributed by atoms with Crippen LogP contribution in [-0.4, -0.2) is 18.0 Å². The zero-order valence-corrected chi connectivity index (χ0v) is 15.0. The molecule has 1 aromatic carbocycles. The molecule has 1 aliphatic carbocycles. The minimum Gasteiger partial charge on any atom is -0.349 e. The average molecular weight is 370 g/mol. The lowest BCUT2D eigenvalue weighted by molar-refractivity contribution is -0.198. The molecule has 144 valence electrons. The molecule has 4 nitrogen and oxygen atoms in total. The molecule has 3 unspecified atom stereocenters. The van der Waals surface area contributed by atoms with Gasteiger partial charge in [0.15, 0.2) is 0 Å². The Kier molecular flexibility index (Phi) is 6.67. The van der Waals surface area contributed by atoms with Gasteiger partial charge in [-0.2, -0.15) is 13.2 Å². The molecular formula is C19H25F3N2O2. The first kappa shape index (κ1) is 20.3. The second kappa shape index (κ2) is 8.56. The molecule has 2 N–H and O–H groups in total. The van der Waals surface area contributed by atoms with Gasteiger partial charge in [-0.25, -0.2) is 0 Å². The van der Waals surface area contributed by atoms with Gasteiger partial charge in [0, 0.05) is 18.0 Å². The van der Waals surface area contributed by atoms with E-state index in [4.69, 9.17) is 0 Å². The maximum atomic E-state index is 13.2. The molecule has 2 rings (SSSR count). The lowest BCUT2D eigenvalue weighted by atomic mass is 9.78. The van der Waals surface area contributed by atoms with E-state index in [2.05, 4.69) is 10.6 Å². The van der Waals surface area contributed by atoms with Crippen LogP contribution in [-0.2, 0) is 9.59 Å². The fourth-order valence-electron chi connectivity index (χ4n) is 3.34. The third kappa shape index (κ3) is 5.22. The molecule has 26 heavy (non-hydrogen) atoms. The van der Waals surface area contributed by atoms with Gasteiger partial charge >= 0.3 is 6.18 Å². The number of halogens is 3. The summed E-state index contributed by atoms with van der Waals surface area (Å²) in [6, 6.07) is 6.51. The molecule has 0 heterocycles. The van der Waals surface area contributed by atoms with Crippen LogP contribution in [0.3, 0.4) is 0 Å².